The molecule has 144 valence electrons. The Balaban J connectivity index is 1.89. The number of methoxy groups -OCH3 is 1. The number of pyridine rings is 1. The monoisotopic (exact) mass is 389 g/mol. The molecule has 0 saturated carbocycles. The third kappa shape index (κ3) is 4.12. The van der Waals surface area contributed by atoms with Crippen LogP contribution in [0.25, 0.3) is 0 Å². The van der Waals surface area contributed by atoms with Crippen molar-refractivity contribution < 1.29 is 17.9 Å². The molecule has 0 bridgehead atoms. The summed E-state index contributed by atoms with van der Waals surface area (Å²) in [6.45, 7) is 1.31. The summed E-state index contributed by atoms with van der Waals surface area (Å²) in [4.78, 5) is 18.6. The molecular formula is C19H23N3O4S. The van der Waals surface area contributed by atoms with E-state index in [1.807, 2.05) is 18.2 Å². The van der Waals surface area contributed by atoms with Gasteiger partial charge >= 0.3 is 0 Å². The lowest BCUT2D eigenvalue weighted by molar-refractivity contribution is 0.0783. The van der Waals surface area contributed by atoms with E-state index < -0.39 is 10.0 Å². The first-order valence-corrected chi connectivity index (χ1v) is 10.2. The molecule has 7 nitrogen and oxygen atoms in total. The number of rotatable bonds is 6. The van der Waals surface area contributed by atoms with Crippen molar-refractivity contribution >= 4 is 15.9 Å². The summed E-state index contributed by atoms with van der Waals surface area (Å²) in [6, 6.07) is 10.0. The molecular weight excluding hydrogens is 366 g/mol. The molecule has 3 rings (SSSR count). The number of aromatic nitrogens is 1. The van der Waals surface area contributed by atoms with Gasteiger partial charge < -0.3 is 9.64 Å². The zero-order chi connectivity index (χ0) is 19.4. The van der Waals surface area contributed by atoms with Gasteiger partial charge in [0, 0.05) is 31.9 Å². The van der Waals surface area contributed by atoms with E-state index in [0.717, 1.165) is 18.5 Å². The predicted octanol–water partition coefficient (Wildman–Crippen LogP) is 2.15. The summed E-state index contributed by atoms with van der Waals surface area (Å²) in [5, 5.41) is 0. The van der Waals surface area contributed by atoms with Crippen LogP contribution < -0.4 is 4.74 Å². The summed E-state index contributed by atoms with van der Waals surface area (Å²) in [7, 11) is -0.611. The van der Waals surface area contributed by atoms with Crippen molar-refractivity contribution in [2.75, 3.05) is 27.2 Å². The van der Waals surface area contributed by atoms with Crippen LogP contribution in [0.2, 0.25) is 0 Å². The van der Waals surface area contributed by atoms with Crippen LogP contribution in [0.15, 0.2) is 47.5 Å². The Kier molecular flexibility index (Phi) is 5.76. The van der Waals surface area contributed by atoms with Crippen LogP contribution >= 0.6 is 0 Å². The van der Waals surface area contributed by atoms with E-state index in [4.69, 9.17) is 4.74 Å². The molecule has 0 unspecified atom stereocenters. The fraction of sp³-hybridized carbons (Fsp3) is 0.368. The van der Waals surface area contributed by atoms with Gasteiger partial charge in [0.15, 0.2) is 0 Å². The molecule has 1 aromatic heterocycles. The highest BCUT2D eigenvalue weighted by Crippen LogP contribution is 2.30. The van der Waals surface area contributed by atoms with Crippen molar-refractivity contribution in [1.29, 1.82) is 0 Å². The Bertz CT molecular complexity index is 910. The summed E-state index contributed by atoms with van der Waals surface area (Å²) >= 11 is 0. The standard InChI is InChI=1S/C19H23N3O4S/c1-21(14-16-7-3-4-10-20-16)19(23)15-8-9-17(26-2)18(13-15)27(24,25)22-11-5-6-12-22/h3-4,7-10,13H,5-6,11-12,14H2,1-2H3. The maximum atomic E-state index is 13.0. The molecule has 1 saturated heterocycles. The van der Waals surface area contributed by atoms with Crippen LogP contribution in [0.3, 0.4) is 0 Å². The molecule has 1 aliphatic rings. The maximum absolute atomic E-state index is 13.0. The highest BCUT2D eigenvalue weighted by molar-refractivity contribution is 7.89. The van der Waals surface area contributed by atoms with Crippen LogP contribution in [-0.4, -0.2) is 55.8 Å². The molecule has 0 radical (unpaired) electrons. The molecule has 27 heavy (non-hydrogen) atoms. The minimum atomic E-state index is -3.70. The first-order valence-electron chi connectivity index (χ1n) is 8.77. The van der Waals surface area contributed by atoms with Gasteiger partial charge in [0.05, 0.1) is 19.3 Å². The van der Waals surface area contributed by atoms with Gasteiger partial charge in [-0.3, -0.25) is 9.78 Å². The lowest BCUT2D eigenvalue weighted by Crippen LogP contribution is -2.29. The van der Waals surface area contributed by atoms with Crippen LogP contribution in [0.5, 0.6) is 5.75 Å². The molecule has 0 spiro atoms. The summed E-state index contributed by atoms with van der Waals surface area (Å²) in [5.74, 6) is -0.0352. The van der Waals surface area contributed by atoms with E-state index in [0.29, 0.717) is 25.2 Å². The second kappa shape index (κ2) is 8.06. The highest BCUT2D eigenvalue weighted by Gasteiger charge is 2.31. The van der Waals surface area contributed by atoms with Crippen molar-refractivity contribution in [3.8, 4) is 5.75 Å². The third-order valence-electron chi connectivity index (χ3n) is 4.57. The van der Waals surface area contributed by atoms with Crippen LogP contribution in [0, 0.1) is 0 Å². The number of sulfonamides is 1. The fourth-order valence-electron chi connectivity index (χ4n) is 3.11. The van der Waals surface area contributed by atoms with E-state index in [1.54, 1.807) is 19.3 Å². The lowest BCUT2D eigenvalue weighted by atomic mass is 10.2. The third-order valence-corrected chi connectivity index (χ3v) is 6.49. The van der Waals surface area contributed by atoms with Crippen LogP contribution in [0.1, 0.15) is 28.9 Å². The van der Waals surface area contributed by atoms with Gasteiger partial charge in [-0.15, -0.1) is 0 Å². The quantitative estimate of drug-likeness (QED) is 0.756. The highest BCUT2D eigenvalue weighted by atomic mass is 32.2. The zero-order valence-electron chi connectivity index (χ0n) is 15.5. The first kappa shape index (κ1) is 19.3. The molecule has 1 fully saturated rings. The zero-order valence-corrected chi connectivity index (χ0v) is 16.3. The summed E-state index contributed by atoms with van der Waals surface area (Å²) < 4.78 is 32.6. The molecule has 0 atom stereocenters. The van der Waals surface area contributed by atoms with Gasteiger partial charge in [-0.25, -0.2) is 8.42 Å². The van der Waals surface area contributed by atoms with Crippen molar-refractivity contribution in [3.05, 3.63) is 53.9 Å². The molecule has 8 heteroatoms. The molecule has 1 aliphatic heterocycles. The first-order chi connectivity index (χ1) is 12.9. The van der Waals surface area contributed by atoms with Crippen molar-refractivity contribution in [1.82, 2.24) is 14.2 Å². The number of nitrogens with zero attached hydrogens (tertiary/aromatic N) is 3. The lowest BCUT2D eigenvalue weighted by Gasteiger charge is -2.20. The van der Waals surface area contributed by atoms with Crippen LogP contribution in [0.4, 0.5) is 0 Å². The second-order valence-electron chi connectivity index (χ2n) is 6.46. The normalized spacial score (nSPS) is 14.9. The van der Waals surface area contributed by atoms with Crippen LogP contribution in [-0.2, 0) is 16.6 Å². The summed E-state index contributed by atoms with van der Waals surface area (Å²) in [6.07, 6.45) is 3.35. The van der Waals surface area contributed by atoms with Crippen molar-refractivity contribution in [3.63, 3.8) is 0 Å². The van der Waals surface area contributed by atoms with E-state index in [-0.39, 0.29) is 16.6 Å². The Labute approximate surface area is 159 Å². The van der Waals surface area contributed by atoms with Gasteiger partial charge in [-0.2, -0.15) is 4.31 Å². The number of benzene rings is 1. The molecule has 0 N–H and O–H groups in total. The van der Waals surface area contributed by atoms with Gasteiger partial charge in [0.25, 0.3) is 5.91 Å². The second-order valence-corrected chi connectivity index (χ2v) is 8.37. The fourth-order valence-corrected chi connectivity index (χ4v) is 4.80. The number of carbonyl (C=O) groups is 1. The van der Waals surface area contributed by atoms with E-state index in [2.05, 4.69) is 4.98 Å². The largest absolute Gasteiger partial charge is 0.495 e. The minimum Gasteiger partial charge on any atom is -0.495 e. The molecule has 2 aromatic rings. The topological polar surface area (TPSA) is 79.8 Å². The van der Waals surface area contributed by atoms with E-state index in [1.165, 1.54) is 28.4 Å². The Hall–Kier alpha value is -2.45. The number of amides is 1. The number of carbonyl (C=O) groups excluding carboxylic acids is 1. The van der Waals surface area contributed by atoms with Gasteiger partial charge in [0.2, 0.25) is 10.0 Å². The van der Waals surface area contributed by atoms with Gasteiger partial charge in [-0.1, -0.05) is 6.07 Å². The molecule has 0 aliphatic carbocycles. The van der Waals surface area contributed by atoms with Crippen molar-refractivity contribution in [2.24, 2.45) is 0 Å². The SMILES string of the molecule is COc1ccc(C(=O)N(C)Cc2ccccn2)cc1S(=O)(=O)N1CCCC1. The smallest absolute Gasteiger partial charge is 0.253 e. The molecule has 1 amide bonds. The Morgan fingerprint density at radius 1 is 1.22 bits per heavy atom. The predicted molar refractivity (Wildman–Crippen MR) is 101 cm³/mol. The van der Waals surface area contributed by atoms with Gasteiger partial charge in [-0.05, 0) is 43.2 Å². The molecule has 2 heterocycles. The van der Waals surface area contributed by atoms with E-state index >= 15 is 0 Å². The minimum absolute atomic E-state index is 0.0315. The Morgan fingerprint density at radius 2 is 1.96 bits per heavy atom. The van der Waals surface area contributed by atoms with Gasteiger partial charge in [0.1, 0.15) is 10.6 Å². The number of hydrogen-bond donors (Lipinski definition) is 0. The molecule has 1 aromatic carbocycles. The average Bonchev–Trinajstić information content (AvgIpc) is 3.23. The van der Waals surface area contributed by atoms with E-state index in [9.17, 15) is 13.2 Å². The number of ether oxygens (including phenoxy) is 1. The Morgan fingerprint density at radius 3 is 2.59 bits per heavy atom. The summed E-state index contributed by atoms with van der Waals surface area (Å²) in [5.41, 5.74) is 1.05. The maximum Gasteiger partial charge on any atom is 0.253 e. The average molecular weight is 389 g/mol. The van der Waals surface area contributed by atoms with Crippen molar-refractivity contribution in [2.45, 2.75) is 24.3 Å². The number of hydrogen-bond acceptors (Lipinski definition) is 5.